The minimum atomic E-state index is -6.89. The van der Waals surface area contributed by atoms with E-state index in [1.165, 1.54) is 4.84 Å². The van der Waals surface area contributed by atoms with Gasteiger partial charge in [0.25, 0.3) is 0 Å². The van der Waals surface area contributed by atoms with Crippen molar-refractivity contribution in [1.29, 1.82) is 0 Å². The van der Waals surface area contributed by atoms with Crippen LogP contribution in [0.2, 0.25) is 0 Å². The SMILES string of the molecule is CCC(CC)(NCl)N(S(=O)(=O)C(F)(F)F)S(=O)(=O)C(F)(F)F. The van der Waals surface area contributed by atoms with Gasteiger partial charge in [-0.25, -0.2) is 21.7 Å². The Bertz CT molecular complexity index is 543. The number of nitrogens with one attached hydrogen (secondary N) is 1. The Balaban J connectivity index is 6.80. The van der Waals surface area contributed by atoms with Crippen LogP contribution in [0.5, 0.6) is 0 Å². The molecule has 0 fully saturated rings. The fourth-order valence-corrected chi connectivity index (χ4v) is 5.35. The Kier molecular flexibility index (Phi) is 6.21. The molecule has 0 radical (unpaired) electrons. The molecule has 15 heteroatoms. The lowest BCUT2D eigenvalue weighted by Gasteiger charge is -2.39. The molecule has 6 nitrogen and oxygen atoms in total. The number of hydrogen-bond acceptors (Lipinski definition) is 5. The predicted octanol–water partition coefficient (Wildman–Crippen LogP) is 2.25. The van der Waals surface area contributed by atoms with Gasteiger partial charge in [0, 0.05) is 0 Å². The van der Waals surface area contributed by atoms with E-state index < -0.39 is 53.3 Å². The predicted molar refractivity (Wildman–Crippen MR) is 64.1 cm³/mol. The van der Waals surface area contributed by atoms with Gasteiger partial charge < -0.3 is 0 Å². The van der Waals surface area contributed by atoms with Gasteiger partial charge in [0.05, 0.1) is 0 Å². The van der Waals surface area contributed by atoms with Gasteiger partial charge in [-0.1, -0.05) is 17.6 Å². The van der Waals surface area contributed by atoms with Crippen LogP contribution in [-0.2, 0) is 20.0 Å². The second-order valence-electron chi connectivity index (χ2n) is 3.93. The number of halogens is 7. The fraction of sp³-hybridized carbons (Fsp3) is 1.00. The van der Waals surface area contributed by atoms with Crippen LogP contribution >= 0.6 is 11.8 Å². The first kappa shape index (κ1) is 21.7. The van der Waals surface area contributed by atoms with Crippen LogP contribution in [0.4, 0.5) is 26.3 Å². The van der Waals surface area contributed by atoms with Crippen molar-refractivity contribution in [2.24, 2.45) is 0 Å². The molecule has 0 bridgehead atoms. The van der Waals surface area contributed by atoms with Crippen molar-refractivity contribution < 1.29 is 43.2 Å². The maximum Gasteiger partial charge on any atom is 0.512 e. The molecule has 22 heavy (non-hydrogen) atoms. The summed E-state index contributed by atoms with van der Waals surface area (Å²) in [6.07, 6.45) is -1.59. The molecule has 0 aromatic rings. The Labute approximate surface area is 127 Å². The summed E-state index contributed by atoms with van der Waals surface area (Å²) in [7, 11) is -13.8. The molecule has 0 saturated carbocycles. The Morgan fingerprint density at radius 2 is 1.14 bits per heavy atom. The second kappa shape index (κ2) is 6.30. The normalized spacial score (nSPS) is 15.4. The summed E-state index contributed by atoms with van der Waals surface area (Å²) in [5, 5.41) is 0. The molecule has 0 aliphatic rings. The topological polar surface area (TPSA) is 83.6 Å². The Morgan fingerprint density at radius 3 is 1.27 bits per heavy atom. The Morgan fingerprint density at radius 1 is 0.864 bits per heavy atom. The van der Waals surface area contributed by atoms with E-state index >= 15 is 0 Å². The van der Waals surface area contributed by atoms with Crippen molar-refractivity contribution in [2.75, 3.05) is 0 Å². The third-order valence-corrected chi connectivity index (χ3v) is 6.99. The highest BCUT2D eigenvalue weighted by atomic mass is 35.5. The van der Waals surface area contributed by atoms with Gasteiger partial charge in [-0.2, -0.15) is 26.3 Å². The fourth-order valence-electron chi connectivity index (χ4n) is 1.45. The minimum Gasteiger partial charge on any atom is -0.212 e. The van der Waals surface area contributed by atoms with Crippen molar-refractivity contribution in [3.63, 3.8) is 0 Å². The van der Waals surface area contributed by atoms with E-state index in [1.54, 1.807) is 0 Å². The van der Waals surface area contributed by atoms with Gasteiger partial charge in [-0.15, -0.1) is 0 Å². The molecule has 0 spiro atoms. The van der Waals surface area contributed by atoms with Crippen LogP contribution < -0.4 is 4.84 Å². The highest BCUT2D eigenvalue weighted by Crippen LogP contribution is 2.41. The molecule has 0 aliphatic heterocycles. The van der Waals surface area contributed by atoms with Crippen molar-refractivity contribution in [3.05, 3.63) is 0 Å². The van der Waals surface area contributed by atoms with E-state index in [9.17, 15) is 43.2 Å². The number of rotatable bonds is 6. The van der Waals surface area contributed by atoms with Gasteiger partial charge >= 0.3 is 31.1 Å². The number of nitrogens with zero attached hydrogens (tertiary/aromatic N) is 1. The second-order valence-corrected chi connectivity index (χ2v) is 7.91. The molecular formula is C7H11ClF6N2O4S2. The van der Waals surface area contributed by atoms with E-state index in [1.807, 2.05) is 0 Å². The lowest BCUT2D eigenvalue weighted by Crippen LogP contribution is -2.64. The lowest BCUT2D eigenvalue weighted by atomic mass is 10.1. The average Bonchev–Trinajstić information content (AvgIpc) is 2.32. The zero-order valence-electron chi connectivity index (χ0n) is 11.0. The molecule has 0 unspecified atom stereocenters. The monoisotopic (exact) mass is 400 g/mol. The van der Waals surface area contributed by atoms with E-state index in [0.29, 0.717) is 0 Å². The highest BCUT2D eigenvalue weighted by molar-refractivity contribution is 8.04. The van der Waals surface area contributed by atoms with E-state index in [0.717, 1.165) is 13.8 Å². The van der Waals surface area contributed by atoms with E-state index in [4.69, 9.17) is 11.8 Å². The highest BCUT2D eigenvalue weighted by Gasteiger charge is 2.66. The molecule has 0 amide bonds. The molecular weight excluding hydrogens is 390 g/mol. The quantitative estimate of drug-likeness (QED) is 0.420. The molecule has 0 aromatic carbocycles. The third-order valence-electron chi connectivity index (χ3n) is 2.72. The van der Waals surface area contributed by atoms with Crippen molar-refractivity contribution in [3.8, 4) is 0 Å². The van der Waals surface area contributed by atoms with Crippen molar-refractivity contribution in [2.45, 2.75) is 43.4 Å². The largest absolute Gasteiger partial charge is 0.512 e. The standard InChI is InChI=1S/C7H11ClF6N2O4S2/c1-3-5(4-2,15-8)16(21(17,18)6(9,10)11)22(19,20)7(12,13)14/h15H,3-4H2,1-2H3. The van der Waals surface area contributed by atoms with Crippen LogP contribution in [-0.4, -0.2) is 37.2 Å². The third kappa shape index (κ3) is 3.44. The first-order valence-corrected chi connectivity index (χ1v) is 8.62. The van der Waals surface area contributed by atoms with Crippen molar-refractivity contribution >= 4 is 31.8 Å². The van der Waals surface area contributed by atoms with Gasteiger partial charge in [0.1, 0.15) is 5.66 Å². The summed E-state index contributed by atoms with van der Waals surface area (Å²) >= 11 is 5.08. The zero-order chi connectivity index (χ0) is 18.2. The lowest BCUT2D eigenvalue weighted by molar-refractivity contribution is -0.0578. The molecule has 0 aliphatic carbocycles. The summed E-state index contributed by atoms with van der Waals surface area (Å²) in [5.41, 5.74) is -15.4. The van der Waals surface area contributed by atoms with E-state index in [2.05, 4.69) is 0 Å². The first-order chi connectivity index (χ1) is 9.55. The average molecular weight is 401 g/mol. The maximum atomic E-state index is 12.6. The van der Waals surface area contributed by atoms with Crippen LogP contribution in [0.1, 0.15) is 26.7 Å². The smallest absolute Gasteiger partial charge is 0.212 e. The molecule has 0 aromatic heterocycles. The van der Waals surface area contributed by atoms with E-state index in [-0.39, 0.29) is 0 Å². The molecule has 0 saturated heterocycles. The Hall–Kier alpha value is -0.310. The summed E-state index contributed by atoms with van der Waals surface area (Å²) < 4.78 is 120. The summed E-state index contributed by atoms with van der Waals surface area (Å²) in [6.45, 7) is 1.92. The summed E-state index contributed by atoms with van der Waals surface area (Å²) in [6, 6.07) is 0. The summed E-state index contributed by atoms with van der Waals surface area (Å²) in [4.78, 5) is 1.41. The molecule has 0 atom stereocenters. The summed E-state index contributed by atoms with van der Waals surface area (Å²) in [5.74, 6) is 0. The van der Waals surface area contributed by atoms with Crippen LogP contribution in [0, 0.1) is 0 Å². The molecule has 134 valence electrons. The van der Waals surface area contributed by atoms with Gasteiger partial charge in [-0.05, 0) is 24.6 Å². The molecule has 1 N–H and O–H groups in total. The zero-order valence-corrected chi connectivity index (χ0v) is 13.3. The van der Waals surface area contributed by atoms with Gasteiger partial charge in [-0.3, -0.25) is 0 Å². The first-order valence-electron chi connectivity index (χ1n) is 5.36. The van der Waals surface area contributed by atoms with Gasteiger partial charge in [0.15, 0.2) is 0 Å². The molecule has 0 rings (SSSR count). The van der Waals surface area contributed by atoms with Crippen LogP contribution in [0.15, 0.2) is 0 Å². The maximum absolute atomic E-state index is 12.6. The van der Waals surface area contributed by atoms with Crippen LogP contribution in [0.3, 0.4) is 0 Å². The number of alkyl halides is 6. The van der Waals surface area contributed by atoms with Crippen molar-refractivity contribution in [1.82, 2.24) is 8.55 Å². The molecule has 0 heterocycles. The minimum absolute atomic E-state index is 0.794. The number of hydrogen-bond donors (Lipinski definition) is 1. The van der Waals surface area contributed by atoms with Crippen LogP contribution in [0.25, 0.3) is 0 Å². The number of sulfonamides is 2. The van der Waals surface area contributed by atoms with Gasteiger partial charge in [0.2, 0.25) is 0 Å².